The van der Waals surface area contributed by atoms with Crippen molar-refractivity contribution in [1.82, 2.24) is 9.97 Å². The molecule has 148 valence electrons. The molecule has 1 heterocycles. The molecule has 0 aliphatic heterocycles. The predicted molar refractivity (Wildman–Crippen MR) is 108 cm³/mol. The van der Waals surface area contributed by atoms with Gasteiger partial charge in [0.15, 0.2) is 5.82 Å². The molecular weight excluding hydrogens is 340 g/mol. The number of aromatic nitrogens is 2. The molecular formula is C22H32N2O3. The van der Waals surface area contributed by atoms with Crippen LogP contribution in [-0.4, -0.2) is 39.5 Å². The first-order valence-corrected chi connectivity index (χ1v) is 10.1. The van der Waals surface area contributed by atoms with Crippen LogP contribution in [0.25, 0.3) is 11.4 Å². The lowest BCUT2D eigenvalue weighted by atomic mass is 10.1. The van der Waals surface area contributed by atoms with Gasteiger partial charge in [-0.1, -0.05) is 32.6 Å². The van der Waals surface area contributed by atoms with Gasteiger partial charge in [-0.3, -0.25) is 0 Å². The van der Waals surface area contributed by atoms with Crippen LogP contribution in [0.2, 0.25) is 0 Å². The maximum absolute atomic E-state index is 9.30. The smallest absolute Gasteiger partial charge is 0.159 e. The lowest BCUT2D eigenvalue weighted by Crippen LogP contribution is -2.13. The highest BCUT2D eigenvalue weighted by Crippen LogP contribution is 2.20. The SMILES string of the molecule is CCCCCCCc1cnc(-c2ccc(OCCCC(O)CO)cc2)nc1. The number of ether oxygens (including phenoxy) is 1. The molecule has 2 N–H and O–H groups in total. The maximum atomic E-state index is 9.30. The number of hydrogen-bond acceptors (Lipinski definition) is 5. The van der Waals surface area contributed by atoms with Gasteiger partial charge in [0.1, 0.15) is 5.75 Å². The summed E-state index contributed by atoms with van der Waals surface area (Å²) in [6, 6.07) is 7.72. The second-order valence-corrected chi connectivity index (χ2v) is 6.93. The fraction of sp³-hybridized carbons (Fsp3) is 0.545. The van der Waals surface area contributed by atoms with Gasteiger partial charge >= 0.3 is 0 Å². The Labute approximate surface area is 162 Å². The maximum Gasteiger partial charge on any atom is 0.159 e. The van der Waals surface area contributed by atoms with E-state index in [-0.39, 0.29) is 6.61 Å². The molecule has 0 saturated heterocycles. The highest BCUT2D eigenvalue weighted by molar-refractivity contribution is 5.55. The van der Waals surface area contributed by atoms with E-state index >= 15 is 0 Å². The molecule has 1 aromatic heterocycles. The summed E-state index contributed by atoms with van der Waals surface area (Å²) in [6.07, 6.45) is 11.9. The number of unbranched alkanes of at least 4 members (excludes halogenated alkanes) is 4. The third-order valence-corrected chi connectivity index (χ3v) is 4.55. The average Bonchev–Trinajstić information content (AvgIpc) is 2.72. The van der Waals surface area contributed by atoms with Crippen LogP contribution in [0.15, 0.2) is 36.7 Å². The minimum Gasteiger partial charge on any atom is -0.494 e. The standard InChI is InChI=1S/C22H32N2O3/c1-2-3-4-5-6-8-18-15-23-22(24-16-18)19-10-12-21(13-11-19)27-14-7-9-20(26)17-25/h10-13,15-16,20,25-26H,2-9,14,17H2,1H3. The molecule has 0 spiro atoms. The van der Waals surface area contributed by atoms with Crippen molar-refractivity contribution in [3.05, 3.63) is 42.2 Å². The van der Waals surface area contributed by atoms with E-state index in [0.717, 1.165) is 23.6 Å². The average molecular weight is 373 g/mol. The van der Waals surface area contributed by atoms with E-state index in [1.165, 1.54) is 37.7 Å². The predicted octanol–water partition coefficient (Wildman–Crippen LogP) is 4.17. The van der Waals surface area contributed by atoms with Crippen molar-refractivity contribution < 1.29 is 14.9 Å². The van der Waals surface area contributed by atoms with Crippen LogP contribution in [0, 0.1) is 0 Å². The van der Waals surface area contributed by atoms with Gasteiger partial charge in [0.05, 0.1) is 19.3 Å². The molecule has 1 aromatic carbocycles. The van der Waals surface area contributed by atoms with Crippen molar-refractivity contribution in [1.29, 1.82) is 0 Å². The van der Waals surface area contributed by atoms with Gasteiger partial charge in [-0.2, -0.15) is 0 Å². The molecule has 1 unspecified atom stereocenters. The van der Waals surface area contributed by atoms with Crippen molar-refractivity contribution in [2.24, 2.45) is 0 Å². The van der Waals surface area contributed by atoms with Crippen LogP contribution in [0.1, 0.15) is 57.4 Å². The van der Waals surface area contributed by atoms with Crippen molar-refractivity contribution in [3.8, 4) is 17.1 Å². The van der Waals surface area contributed by atoms with E-state index in [2.05, 4.69) is 16.9 Å². The summed E-state index contributed by atoms with van der Waals surface area (Å²) >= 11 is 0. The summed E-state index contributed by atoms with van der Waals surface area (Å²) < 4.78 is 5.65. The Morgan fingerprint density at radius 3 is 2.33 bits per heavy atom. The summed E-state index contributed by atoms with van der Waals surface area (Å²) in [5, 5.41) is 18.1. The Morgan fingerprint density at radius 2 is 1.67 bits per heavy atom. The largest absolute Gasteiger partial charge is 0.494 e. The fourth-order valence-electron chi connectivity index (χ4n) is 2.87. The zero-order valence-corrected chi connectivity index (χ0v) is 16.3. The van der Waals surface area contributed by atoms with Gasteiger partial charge in [-0.15, -0.1) is 0 Å². The molecule has 0 aliphatic rings. The first kappa shape index (κ1) is 21.3. The quantitative estimate of drug-likeness (QED) is 0.516. The van der Waals surface area contributed by atoms with E-state index in [4.69, 9.17) is 9.84 Å². The number of aryl methyl sites for hydroxylation is 1. The molecule has 0 radical (unpaired) electrons. The van der Waals surface area contributed by atoms with Gasteiger partial charge in [-0.05, 0) is 55.5 Å². The van der Waals surface area contributed by atoms with E-state index < -0.39 is 6.10 Å². The number of aliphatic hydroxyl groups excluding tert-OH is 2. The molecule has 0 fully saturated rings. The summed E-state index contributed by atoms with van der Waals surface area (Å²) in [5.74, 6) is 1.50. The van der Waals surface area contributed by atoms with Gasteiger partial charge in [0, 0.05) is 18.0 Å². The Morgan fingerprint density at radius 1 is 0.963 bits per heavy atom. The van der Waals surface area contributed by atoms with Gasteiger partial charge < -0.3 is 14.9 Å². The molecule has 0 saturated carbocycles. The monoisotopic (exact) mass is 372 g/mol. The zero-order valence-electron chi connectivity index (χ0n) is 16.3. The molecule has 0 amide bonds. The first-order chi connectivity index (χ1) is 13.2. The Bertz CT molecular complexity index is 629. The van der Waals surface area contributed by atoms with Crippen molar-refractivity contribution in [2.75, 3.05) is 13.2 Å². The molecule has 0 bridgehead atoms. The number of hydrogen-bond donors (Lipinski definition) is 2. The van der Waals surface area contributed by atoms with Crippen LogP contribution >= 0.6 is 0 Å². The van der Waals surface area contributed by atoms with Crippen LogP contribution < -0.4 is 4.74 Å². The third kappa shape index (κ3) is 8.06. The first-order valence-electron chi connectivity index (χ1n) is 10.1. The molecule has 1 atom stereocenters. The third-order valence-electron chi connectivity index (χ3n) is 4.55. The molecule has 2 aromatic rings. The number of nitrogens with zero attached hydrogens (tertiary/aromatic N) is 2. The van der Waals surface area contributed by atoms with Crippen molar-refractivity contribution >= 4 is 0 Å². The lowest BCUT2D eigenvalue weighted by Gasteiger charge is -2.09. The van der Waals surface area contributed by atoms with E-state index in [1.807, 2.05) is 36.7 Å². The molecule has 5 nitrogen and oxygen atoms in total. The molecule has 2 rings (SSSR count). The number of benzene rings is 1. The fourth-order valence-corrected chi connectivity index (χ4v) is 2.87. The topological polar surface area (TPSA) is 75.5 Å². The van der Waals surface area contributed by atoms with Gasteiger partial charge in [-0.25, -0.2) is 9.97 Å². The number of rotatable bonds is 13. The molecule has 0 aliphatic carbocycles. The highest BCUT2D eigenvalue weighted by atomic mass is 16.5. The second kappa shape index (κ2) is 12.4. The van der Waals surface area contributed by atoms with Crippen LogP contribution in [0.5, 0.6) is 5.75 Å². The van der Waals surface area contributed by atoms with Gasteiger partial charge in [0.2, 0.25) is 0 Å². The Kier molecular flexibility index (Phi) is 9.80. The molecule has 5 heteroatoms. The van der Waals surface area contributed by atoms with E-state index in [9.17, 15) is 5.11 Å². The lowest BCUT2D eigenvalue weighted by molar-refractivity contribution is 0.0828. The van der Waals surface area contributed by atoms with Gasteiger partial charge in [0.25, 0.3) is 0 Å². The Balaban J connectivity index is 1.77. The molecule has 27 heavy (non-hydrogen) atoms. The summed E-state index contributed by atoms with van der Waals surface area (Å²) in [4.78, 5) is 8.99. The second-order valence-electron chi connectivity index (χ2n) is 6.93. The summed E-state index contributed by atoms with van der Waals surface area (Å²) in [5.41, 5.74) is 2.16. The van der Waals surface area contributed by atoms with Crippen molar-refractivity contribution in [2.45, 2.75) is 64.4 Å². The van der Waals surface area contributed by atoms with Crippen LogP contribution in [0.4, 0.5) is 0 Å². The normalized spacial score (nSPS) is 12.1. The summed E-state index contributed by atoms with van der Waals surface area (Å²) in [7, 11) is 0. The summed E-state index contributed by atoms with van der Waals surface area (Å²) in [6.45, 7) is 2.54. The Hall–Kier alpha value is -1.98. The minimum atomic E-state index is -0.660. The van der Waals surface area contributed by atoms with Crippen molar-refractivity contribution in [3.63, 3.8) is 0 Å². The number of aliphatic hydroxyl groups is 2. The van der Waals surface area contributed by atoms with Crippen LogP contribution in [-0.2, 0) is 6.42 Å². The van der Waals surface area contributed by atoms with E-state index in [1.54, 1.807) is 0 Å². The minimum absolute atomic E-state index is 0.202. The van der Waals surface area contributed by atoms with Crippen LogP contribution in [0.3, 0.4) is 0 Å². The highest BCUT2D eigenvalue weighted by Gasteiger charge is 2.04. The van der Waals surface area contributed by atoms with E-state index in [0.29, 0.717) is 19.4 Å². The zero-order chi connectivity index (χ0) is 19.3.